The Balaban J connectivity index is 2.59. The minimum absolute atomic E-state index is 1.03. The number of rotatable bonds is 4. The van der Waals surface area contributed by atoms with Gasteiger partial charge in [-0.15, -0.1) is 0 Å². The van der Waals surface area contributed by atoms with E-state index in [0.717, 1.165) is 11.1 Å². The Labute approximate surface area is 115 Å². The fourth-order valence-corrected chi connectivity index (χ4v) is 2.12. The van der Waals surface area contributed by atoms with E-state index in [1.54, 1.807) is 0 Å². The molecule has 0 N–H and O–H groups in total. The molecule has 2 aromatic carbocycles. The van der Waals surface area contributed by atoms with E-state index in [0.29, 0.717) is 0 Å². The molecule has 94 valence electrons. The standard InChI is InChI=1S/C19H18/c1-4-16(14-15(2)3)18-12-8-9-13-19(18)17-10-6-5-7-11-17/h4-14H,1-2H2,3H3/b16-14+. The zero-order valence-corrected chi connectivity index (χ0v) is 11.3. The quantitative estimate of drug-likeness (QED) is 0.625. The average molecular weight is 246 g/mol. The molecule has 0 bridgehead atoms. The van der Waals surface area contributed by atoms with Gasteiger partial charge in [-0.05, 0) is 29.2 Å². The molecule has 0 atom stereocenters. The molecular formula is C19H18. The van der Waals surface area contributed by atoms with Crippen molar-refractivity contribution in [3.05, 3.63) is 91.0 Å². The molecule has 19 heavy (non-hydrogen) atoms. The Hall–Kier alpha value is -2.34. The molecule has 0 saturated heterocycles. The predicted octanol–water partition coefficient (Wildman–Crippen LogP) is 5.50. The Bertz CT molecular complexity index is 615. The van der Waals surface area contributed by atoms with Gasteiger partial charge in [0.2, 0.25) is 0 Å². The molecule has 2 aromatic rings. The van der Waals surface area contributed by atoms with Crippen LogP contribution in [0.1, 0.15) is 12.5 Å². The number of allylic oxidation sites excluding steroid dienone is 4. The highest BCUT2D eigenvalue weighted by Gasteiger charge is 2.06. The lowest BCUT2D eigenvalue weighted by atomic mass is 9.93. The highest BCUT2D eigenvalue weighted by molar-refractivity contribution is 5.86. The first-order valence-corrected chi connectivity index (χ1v) is 6.37. The first-order valence-electron chi connectivity index (χ1n) is 6.37. The van der Waals surface area contributed by atoms with Crippen molar-refractivity contribution in [1.82, 2.24) is 0 Å². The summed E-state index contributed by atoms with van der Waals surface area (Å²) in [6, 6.07) is 18.8. The van der Waals surface area contributed by atoms with Crippen LogP contribution in [-0.4, -0.2) is 0 Å². The van der Waals surface area contributed by atoms with E-state index in [1.807, 2.05) is 19.1 Å². The van der Waals surface area contributed by atoms with Gasteiger partial charge in [0.25, 0.3) is 0 Å². The third-order valence-corrected chi connectivity index (χ3v) is 2.94. The van der Waals surface area contributed by atoms with Gasteiger partial charge >= 0.3 is 0 Å². The van der Waals surface area contributed by atoms with Crippen LogP contribution in [0.25, 0.3) is 16.7 Å². The SMILES string of the molecule is C=C/C(=C\C(=C)C)c1ccccc1-c1ccccc1. The van der Waals surface area contributed by atoms with E-state index >= 15 is 0 Å². The first kappa shape index (κ1) is 13.1. The first-order chi connectivity index (χ1) is 9.22. The molecule has 0 unspecified atom stereocenters. The highest BCUT2D eigenvalue weighted by Crippen LogP contribution is 2.29. The van der Waals surface area contributed by atoms with Gasteiger partial charge in [-0.25, -0.2) is 0 Å². The molecular weight excluding hydrogens is 228 g/mol. The van der Waals surface area contributed by atoms with E-state index in [-0.39, 0.29) is 0 Å². The van der Waals surface area contributed by atoms with Crippen LogP contribution in [0, 0.1) is 0 Å². The highest BCUT2D eigenvalue weighted by atomic mass is 14.1. The molecule has 0 heterocycles. The summed E-state index contributed by atoms with van der Waals surface area (Å²) in [5.74, 6) is 0. The van der Waals surface area contributed by atoms with Crippen LogP contribution in [-0.2, 0) is 0 Å². The van der Waals surface area contributed by atoms with E-state index < -0.39 is 0 Å². The zero-order chi connectivity index (χ0) is 13.7. The monoisotopic (exact) mass is 246 g/mol. The maximum Gasteiger partial charge on any atom is -0.0105 e. The molecule has 0 nitrogen and oxygen atoms in total. The summed E-state index contributed by atoms with van der Waals surface area (Å²) in [4.78, 5) is 0. The summed E-state index contributed by atoms with van der Waals surface area (Å²) in [5, 5.41) is 0. The van der Waals surface area contributed by atoms with Crippen LogP contribution < -0.4 is 0 Å². The van der Waals surface area contributed by atoms with Gasteiger partial charge in [0, 0.05) is 0 Å². The maximum atomic E-state index is 3.95. The van der Waals surface area contributed by atoms with Crippen molar-refractivity contribution in [3.8, 4) is 11.1 Å². The van der Waals surface area contributed by atoms with Gasteiger partial charge in [-0.2, -0.15) is 0 Å². The van der Waals surface area contributed by atoms with Gasteiger partial charge in [-0.3, -0.25) is 0 Å². The van der Waals surface area contributed by atoms with Crippen molar-refractivity contribution in [2.75, 3.05) is 0 Å². The fourth-order valence-electron chi connectivity index (χ4n) is 2.12. The lowest BCUT2D eigenvalue weighted by Crippen LogP contribution is -1.88. The normalized spacial score (nSPS) is 11.1. The maximum absolute atomic E-state index is 3.95. The number of hydrogen-bond donors (Lipinski definition) is 0. The molecule has 0 heteroatoms. The lowest BCUT2D eigenvalue weighted by molar-refractivity contribution is 1.53. The van der Waals surface area contributed by atoms with Crippen molar-refractivity contribution in [2.24, 2.45) is 0 Å². The van der Waals surface area contributed by atoms with Gasteiger partial charge in [0.05, 0.1) is 0 Å². The van der Waals surface area contributed by atoms with Crippen LogP contribution in [0.2, 0.25) is 0 Å². The summed E-state index contributed by atoms with van der Waals surface area (Å²) in [5.41, 5.74) is 5.75. The summed E-state index contributed by atoms with van der Waals surface area (Å²) in [6.07, 6.45) is 3.95. The van der Waals surface area contributed by atoms with Crippen molar-refractivity contribution in [2.45, 2.75) is 6.92 Å². The van der Waals surface area contributed by atoms with Crippen molar-refractivity contribution < 1.29 is 0 Å². The van der Waals surface area contributed by atoms with Gasteiger partial charge in [0.15, 0.2) is 0 Å². The van der Waals surface area contributed by atoms with Gasteiger partial charge < -0.3 is 0 Å². The third kappa shape index (κ3) is 3.11. The molecule has 0 radical (unpaired) electrons. The van der Waals surface area contributed by atoms with E-state index in [1.165, 1.54) is 16.7 Å². The number of hydrogen-bond acceptors (Lipinski definition) is 0. The summed E-state index contributed by atoms with van der Waals surface area (Å²) in [7, 11) is 0. The molecule has 0 aliphatic rings. The fraction of sp³-hybridized carbons (Fsp3) is 0.0526. The van der Waals surface area contributed by atoms with Crippen LogP contribution in [0.4, 0.5) is 0 Å². The van der Waals surface area contributed by atoms with E-state index in [2.05, 4.69) is 67.8 Å². The Morgan fingerprint density at radius 2 is 1.58 bits per heavy atom. The summed E-state index contributed by atoms with van der Waals surface area (Å²) < 4.78 is 0. The second-order valence-electron chi connectivity index (χ2n) is 4.56. The van der Waals surface area contributed by atoms with Crippen molar-refractivity contribution in [1.29, 1.82) is 0 Å². The minimum Gasteiger partial charge on any atom is -0.0984 e. The van der Waals surface area contributed by atoms with Crippen LogP contribution in [0.5, 0.6) is 0 Å². The average Bonchev–Trinajstić information content (AvgIpc) is 2.45. The smallest absolute Gasteiger partial charge is 0.0105 e. The van der Waals surface area contributed by atoms with Crippen molar-refractivity contribution in [3.63, 3.8) is 0 Å². The molecule has 0 aromatic heterocycles. The van der Waals surface area contributed by atoms with Gasteiger partial charge in [-0.1, -0.05) is 85.5 Å². The second-order valence-corrected chi connectivity index (χ2v) is 4.56. The van der Waals surface area contributed by atoms with Crippen LogP contribution in [0.3, 0.4) is 0 Å². The summed E-state index contributed by atoms with van der Waals surface area (Å²) >= 11 is 0. The Morgan fingerprint density at radius 1 is 0.947 bits per heavy atom. The minimum atomic E-state index is 1.03. The second kappa shape index (κ2) is 6.01. The Morgan fingerprint density at radius 3 is 2.21 bits per heavy atom. The predicted molar refractivity (Wildman–Crippen MR) is 84.9 cm³/mol. The number of benzene rings is 2. The van der Waals surface area contributed by atoms with Gasteiger partial charge in [0.1, 0.15) is 0 Å². The van der Waals surface area contributed by atoms with E-state index in [9.17, 15) is 0 Å². The Kier molecular flexibility index (Phi) is 4.15. The lowest BCUT2D eigenvalue weighted by Gasteiger charge is -2.11. The van der Waals surface area contributed by atoms with E-state index in [4.69, 9.17) is 0 Å². The molecule has 0 aliphatic carbocycles. The molecule has 0 fully saturated rings. The zero-order valence-electron chi connectivity index (χ0n) is 11.3. The summed E-state index contributed by atoms with van der Waals surface area (Å²) in [6.45, 7) is 9.86. The largest absolute Gasteiger partial charge is 0.0984 e. The molecule has 0 aliphatic heterocycles. The molecule has 0 spiro atoms. The van der Waals surface area contributed by atoms with Crippen LogP contribution in [0.15, 0.2) is 85.5 Å². The molecule has 0 saturated carbocycles. The third-order valence-electron chi connectivity index (χ3n) is 2.94. The molecule has 2 rings (SSSR count). The topological polar surface area (TPSA) is 0 Å². The van der Waals surface area contributed by atoms with Crippen LogP contribution >= 0.6 is 0 Å². The molecule has 0 amide bonds. The van der Waals surface area contributed by atoms with Crippen molar-refractivity contribution >= 4 is 5.57 Å².